The van der Waals surface area contributed by atoms with Gasteiger partial charge in [-0.05, 0) is 67.7 Å². The van der Waals surface area contributed by atoms with E-state index in [1.807, 2.05) is 18.2 Å². The Kier molecular flexibility index (Phi) is 6.25. The van der Waals surface area contributed by atoms with Gasteiger partial charge in [-0.1, -0.05) is 30.7 Å². The van der Waals surface area contributed by atoms with Gasteiger partial charge >= 0.3 is 0 Å². The van der Waals surface area contributed by atoms with Crippen molar-refractivity contribution in [3.8, 4) is 0 Å². The second-order valence-corrected chi connectivity index (χ2v) is 7.98. The molecular weight excluding hydrogens is 362 g/mol. The first-order valence-corrected chi connectivity index (χ1v) is 10.7. The topological polar surface area (TPSA) is 52.7 Å². The number of rotatable bonds is 6. The number of carbonyl (C=O) groups is 2. The highest BCUT2D eigenvalue weighted by molar-refractivity contribution is 5.97. The number of carbonyl (C=O) groups excluding carboxylic acids is 2. The molecule has 0 aromatic heterocycles. The van der Waals surface area contributed by atoms with Gasteiger partial charge in [0.2, 0.25) is 5.91 Å². The number of likely N-dealkylation sites (tertiary alicyclic amines) is 1. The molecule has 0 radical (unpaired) electrons. The highest BCUT2D eigenvalue weighted by Gasteiger charge is 2.21. The van der Waals surface area contributed by atoms with E-state index >= 15 is 0 Å². The van der Waals surface area contributed by atoms with Gasteiger partial charge in [0, 0.05) is 37.3 Å². The summed E-state index contributed by atoms with van der Waals surface area (Å²) in [7, 11) is 0. The van der Waals surface area contributed by atoms with Gasteiger partial charge in [-0.2, -0.15) is 0 Å². The molecule has 2 aromatic carbocycles. The summed E-state index contributed by atoms with van der Waals surface area (Å²) in [5, 5.41) is 3.05. The molecule has 0 bridgehead atoms. The highest BCUT2D eigenvalue weighted by atomic mass is 16.2. The van der Waals surface area contributed by atoms with E-state index in [0.29, 0.717) is 18.5 Å². The number of anilines is 1. The van der Waals surface area contributed by atoms with Crippen LogP contribution in [0.5, 0.6) is 0 Å². The monoisotopic (exact) mass is 391 g/mol. The second-order valence-electron chi connectivity index (χ2n) is 7.98. The SMILES string of the molecule is O=C(NCc1ccccc1CN1CCCCC1)c1ccc(N2CCCC2=O)cc1. The van der Waals surface area contributed by atoms with E-state index in [9.17, 15) is 9.59 Å². The molecule has 2 aliphatic rings. The van der Waals surface area contributed by atoms with Crippen molar-refractivity contribution in [1.29, 1.82) is 0 Å². The molecule has 5 nitrogen and oxygen atoms in total. The summed E-state index contributed by atoms with van der Waals surface area (Å²) >= 11 is 0. The quantitative estimate of drug-likeness (QED) is 0.816. The van der Waals surface area contributed by atoms with E-state index in [0.717, 1.165) is 38.3 Å². The van der Waals surface area contributed by atoms with E-state index in [-0.39, 0.29) is 11.8 Å². The molecule has 4 rings (SSSR count). The molecule has 2 fully saturated rings. The lowest BCUT2D eigenvalue weighted by Gasteiger charge is -2.27. The van der Waals surface area contributed by atoms with Crippen LogP contribution >= 0.6 is 0 Å². The maximum Gasteiger partial charge on any atom is 0.251 e. The molecular formula is C24H29N3O2. The van der Waals surface area contributed by atoms with Crippen molar-refractivity contribution in [2.45, 2.75) is 45.2 Å². The highest BCUT2D eigenvalue weighted by Crippen LogP contribution is 2.22. The molecule has 2 aromatic rings. The second kappa shape index (κ2) is 9.23. The van der Waals surface area contributed by atoms with E-state index in [2.05, 4.69) is 28.4 Å². The van der Waals surface area contributed by atoms with Crippen LogP contribution in [0.4, 0.5) is 5.69 Å². The van der Waals surface area contributed by atoms with Crippen LogP contribution in [0.1, 0.15) is 53.6 Å². The Morgan fingerprint density at radius 1 is 0.862 bits per heavy atom. The predicted octanol–water partition coefficient (Wildman–Crippen LogP) is 3.73. The van der Waals surface area contributed by atoms with Crippen LogP contribution in [0.2, 0.25) is 0 Å². The number of amides is 2. The Bertz CT molecular complexity index is 857. The zero-order valence-corrected chi connectivity index (χ0v) is 16.9. The molecule has 2 saturated heterocycles. The molecule has 2 amide bonds. The molecule has 0 spiro atoms. The molecule has 1 N–H and O–H groups in total. The Balaban J connectivity index is 1.36. The molecule has 5 heteroatoms. The van der Waals surface area contributed by atoms with Gasteiger partial charge in [0.15, 0.2) is 0 Å². The van der Waals surface area contributed by atoms with Crippen LogP contribution in [-0.2, 0) is 17.9 Å². The standard InChI is InChI=1S/C24H29N3O2/c28-23-9-6-16-27(23)22-12-10-19(11-13-22)24(29)25-17-20-7-2-3-8-21(20)18-26-14-4-1-5-15-26/h2-3,7-8,10-13H,1,4-6,9,14-18H2,(H,25,29). The molecule has 0 unspecified atom stereocenters. The first-order chi connectivity index (χ1) is 14.2. The summed E-state index contributed by atoms with van der Waals surface area (Å²) in [6.45, 7) is 4.55. The van der Waals surface area contributed by atoms with Gasteiger partial charge in [-0.15, -0.1) is 0 Å². The number of nitrogens with one attached hydrogen (secondary N) is 1. The average Bonchev–Trinajstić information content (AvgIpc) is 3.19. The van der Waals surface area contributed by atoms with E-state index in [1.165, 1.54) is 30.4 Å². The smallest absolute Gasteiger partial charge is 0.251 e. The minimum absolute atomic E-state index is 0.0860. The molecule has 0 aliphatic carbocycles. The third kappa shape index (κ3) is 4.85. The molecule has 2 aliphatic heterocycles. The third-order valence-corrected chi connectivity index (χ3v) is 5.92. The Labute approximate surface area is 172 Å². The van der Waals surface area contributed by atoms with Gasteiger partial charge in [0.05, 0.1) is 0 Å². The number of hydrogen-bond acceptors (Lipinski definition) is 3. The number of benzene rings is 2. The maximum absolute atomic E-state index is 12.6. The minimum atomic E-state index is -0.0860. The summed E-state index contributed by atoms with van der Waals surface area (Å²) in [5.74, 6) is 0.0737. The average molecular weight is 392 g/mol. The summed E-state index contributed by atoms with van der Waals surface area (Å²) < 4.78 is 0. The summed E-state index contributed by atoms with van der Waals surface area (Å²) in [6.07, 6.45) is 5.39. The first-order valence-electron chi connectivity index (χ1n) is 10.7. The molecule has 152 valence electrons. The van der Waals surface area contributed by atoms with Crippen molar-refractivity contribution < 1.29 is 9.59 Å². The van der Waals surface area contributed by atoms with Crippen molar-refractivity contribution in [3.05, 3.63) is 65.2 Å². The van der Waals surface area contributed by atoms with Crippen molar-refractivity contribution in [2.24, 2.45) is 0 Å². The zero-order valence-electron chi connectivity index (χ0n) is 16.9. The normalized spacial score (nSPS) is 17.5. The number of piperidine rings is 1. The fourth-order valence-electron chi connectivity index (χ4n) is 4.23. The van der Waals surface area contributed by atoms with Crippen LogP contribution < -0.4 is 10.2 Å². The number of hydrogen-bond donors (Lipinski definition) is 1. The Hall–Kier alpha value is -2.66. The van der Waals surface area contributed by atoms with Crippen molar-refractivity contribution in [3.63, 3.8) is 0 Å². The lowest BCUT2D eigenvalue weighted by molar-refractivity contribution is -0.117. The van der Waals surface area contributed by atoms with Crippen LogP contribution in [0, 0.1) is 0 Å². The van der Waals surface area contributed by atoms with Crippen LogP contribution in [0.25, 0.3) is 0 Å². The van der Waals surface area contributed by atoms with E-state index in [4.69, 9.17) is 0 Å². The minimum Gasteiger partial charge on any atom is -0.348 e. The van der Waals surface area contributed by atoms with Crippen molar-refractivity contribution >= 4 is 17.5 Å². The predicted molar refractivity (Wildman–Crippen MR) is 115 cm³/mol. The van der Waals surface area contributed by atoms with Gasteiger partial charge in [-0.25, -0.2) is 0 Å². The summed E-state index contributed by atoms with van der Waals surface area (Å²) in [5.41, 5.74) is 3.95. The Morgan fingerprint density at radius 3 is 2.28 bits per heavy atom. The molecule has 0 atom stereocenters. The molecule has 2 heterocycles. The van der Waals surface area contributed by atoms with Crippen LogP contribution in [0.3, 0.4) is 0 Å². The fourth-order valence-corrected chi connectivity index (χ4v) is 4.23. The first kappa shape index (κ1) is 19.6. The van der Waals surface area contributed by atoms with Gasteiger partial charge in [0.25, 0.3) is 5.91 Å². The zero-order chi connectivity index (χ0) is 20.1. The molecule has 29 heavy (non-hydrogen) atoms. The van der Waals surface area contributed by atoms with Gasteiger partial charge in [-0.3, -0.25) is 14.5 Å². The van der Waals surface area contributed by atoms with Crippen molar-refractivity contribution in [2.75, 3.05) is 24.5 Å². The van der Waals surface area contributed by atoms with Crippen LogP contribution in [-0.4, -0.2) is 36.3 Å². The van der Waals surface area contributed by atoms with Crippen LogP contribution in [0.15, 0.2) is 48.5 Å². The number of nitrogens with zero attached hydrogens (tertiary/aromatic N) is 2. The summed E-state index contributed by atoms with van der Waals surface area (Å²) in [6, 6.07) is 15.7. The third-order valence-electron chi connectivity index (χ3n) is 5.92. The van der Waals surface area contributed by atoms with Gasteiger partial charge < -0.3 is 10.2 Å². The fraction of sp³-hybridized carbons (Fsp3) is 0.417. The van der Waals surface area contributed by atoms with Crippen molar-refractivity contribution in [1.82, 2.24) is 10.2 Å². The lowest BCUT2D eigenvalue weighted by atomic mass is 10.0. The van der Waals surface area contributed by atoms with E-state index in [1.54, 1.807) is 17.0 Å². The molecule has 0 saturated carbocycles. The van der Waals surface area contributed by atoms with Gasteiger partial charge in [0.1, 0.15) is 0 Å². The van der Waals surface area contributed by atoms with E-state index < -0.39 is 0 Å². The lowest BCUT2D eigenvalue weighted by Crippen LogP contribution is -2.30. The largest absolute Gasteiger partial charge is 0.348 e. The summed E-state index contributed by atoms with van der Waals surface area (Å²) in [4.78, 5) is 28.8. The Morgan fingerprint density at radius 2 is 1.59 bits per heavy atom. The maximum atomic E-state index is 12.6.